The summed E-state index contributed by atoms with van der Waals surface area (Å²) < 4.78 is 0. The van der Waals surface area contributed by atoms with Gasteiger partial charge < -0.3 is 11.5 Å². The van der Waals surface area contributed by atoms with Crippen LogP contribution in [-0.2, 0) is 0 Å². The molecule has 114 valence electrons. The van der Waals surface area contributed by atoms with Crippen molar-refractivity contribution < 1.29 is 0 Å². The first-order valence-corrected chi connectivity index (χ1v) is 8.24. The third kappa shape index (κ3) is 7.88. The molecule has 1 aliphatic rings. The van der Waals surface area contributed by atoms with Crippen LogP contribution in [0, 0.1) is 0 Å². The second-order valence-corrected chi connectivity index (χ2v) is 5.91. The van der Waals surface area contributed by atoms with Crippen molar-refractivity contribution in [2.24, 2.45) is 11.5 Å². The molecule has 0 spiro atoms. The lowest BCUT2D eigenvalue weighted by Crippen LogP contribution is -2.55. The lowest BCUT2D eigenvalue weighted by Gasteiger charge is -2.30. The van der Waals surface area contributed by atoms with Gasteiger partial charge in [0.05, 0.1) is 12.3 Å². The standard InChI is InChI=1S/C15H34N4/c1-2-3-4-8-11-15-18-13(12-16)9-6-5-7-10-14(17)19-15/h13-15,18-19H,2-12,16-17H2,1H3. The minimum atomic E-state index is 0.125. The molecule has 0 saturated carbocycles. The maximum Gasteiger partial charge on any atom is 0.0586 e. The van der Waals surface area contributed by atoms with Gasteiger partial charge in [0.2, 0.25) is 0 Å². The highest BCUT2D eigenvalue weighted by molar-refractivity contribution is 4.77. The van der Waals surface area contributed by atoms with E-state index in [9.17, 15) is 0 Å². The molecule has 0 aliphatic carbocycles. The van der Waals surface area contributed by atoms with Crippen LogP contribution in [0.4, 0.5) is 0 Å². The van der Waals surface area contributed by atoms with E-state index in [0.717, 1.165) is 19.4 Å². The zero-order chi connectivity index (χ0) is 13.9. The quantitative estimate of drug-likeness (QED) is 0.557. The molecule has 0 radical (unpaired) electrons. The summed E-state index contributed by atoms with van der Waals surface area (Å²) in [6, 6.07) is 0.439. The maximum atomic E-state index is 6.15. The van der Waals surface area contributed by atoms with Crippen LogP contribution in [0.5, 0.6) is 0 Å². The Bertz CT molecular complexity index is 210. The molecule has 6 N–H and O–H groups in total. The molecule has 1 aliphatic heterocycles. The van der Waals surface area contributed by atoms with Crippen LogP contribution in [0.15, 0.2) is 0 Å². The highest BCUT2D eigenvalue weighted by atomic mass is 15.2. The summed E-state index contributed by atoms with van der Waals surface area (Å²) in [5, 5.41) is 7.20. The second-order valence-electron chi connectivity index (χ2n) is 5.91. The molecule has 0 aromatic carbocycles. The normalized spacial score (nSPS) is 30.2. The van der Waals surface area contributed by atoms with Gasteiger partial charge in [0.25, 0.3) is 0 Å². The van der Waals surface area contributed by atoms with Gasteiger partial charge >= 0.3 is 0 Å². The van der Waals surface area contributed by atoms with Crippen molar-refractivity contribution in [1.29, 1.82) is 0 Å². The fourth-order valence-electron chi connectivity index (χ4n) is 2.82. The summed E-state index contributed by atoms with van der Waals surface area (Å²) in [7, 11) is 0. The first-order valence-electron chi connectivity index (χ1n) is 8.24. The van der Waals surface area contributed by atoms with Gasteiger partial charge in [0.1, 0.15) is 0 Å². The van der Waals surface area contributed by atoms with Crippen LogP contribution in [-0.4, -0.2) is 24.9 Å². The Morgan fingerprint density at radius 3 is 2.53 bits per heavy atom. The molecular formula is C15H34N4. The van der Waals surface area contributed by atoms with E-state index < -0.39 is 0 Å². The van der Waals surface area contributed by atoms with Crippen LogP contribution in [0.25, 0.3) is 0 Å². The van der Waals surface area contributed by atoms with Crippen LogP contribution >= 0.6 is 0 Å². The van der Waals surface area contributed by atoms with Crippen LogP contribution in [0.1, 0.15) is 71.1 Å². The fourth-order valence-corrected chi connectivity index (χ4v) is 2.82. The number of hydrogen-bond acceptors (Lipinski definition) is 4. The molecule has 0 aromatic heterocycles. The molecule has 0 amide bonds. The highest BCUT2D eigenvalue weighted by Crippen LogP contribution is 2.11. The largest absolute Gasteiger partial charge is 0.329 e. The molecule has 1 rings (SSSR count). The van der Waals surface area contributed by atoms with E-state index in [1.807, 2.05) is 0 Å². The molecule has 4 heteroatoms. The molecule has 3 atom stereocenters. The zero-order valence-electron chi connectivity index (χ0n) is 12.7. The minimum Gasteiger partial charge on any atom is -0.329 e. The van der Waals surface area contributed by atoms with Crippen molar-refractivity contribution in [2.75, 3.05) is 6.54 Å². The summed E-state index contributed by atoms with van der Waals surface area (Å²) in [4.78, 5) is 0. The Hall–Kier alpha value is -0.160. The van der Waals surface area contributed by atoms with E-state index in [1.54, 1.807) is 0 Å². The van der Waals surface area contributed by atoms with Gasteiger partial charge in [-0.15, -0.1) is 0 Å². The van der Waals surface area contributed by atoms with Crippen molar-refractivity contribution in [3.63, 3.8) is 0 Å². The van der Waals surface area contributed by atoms with Gasteiger partial charge in [-0.1, -0.05) is 51.9 Å². The minimum absolute atomic E-state index is 0.125. The molecule has 4 nitrogen and oxygen atoms in total. The summed E-state index contributed by atoms with van der Waals surface area (Å²) in [6.07, 6.45) is 12.9. The fraction of sp³-hybridized carbons (Fsp3) is 1.00. The predicted octanol–water partition coefficient (Wildman–Crippen LogP) is 2.04. The zero-order valence-corrected chi connectivity index (χ0v) is 12.7. The van der Waals surface area contributed by atoms with E-state index in [1.165, 1.54) is 51.4 Å². The van der Waals surface area contributed by atoms with E-state index in [4.69, 9.17) is 11.5 Å². The van der Waals surface area contributed by atoms with Crippen molar-refractivity contribution in [1.82, 2.24) is 10.6 Å². The Morgan fingerprint density at radius 1 is 1.00 bits per heavy atom. The van der Waals surface area contributed by atoms with Crippen molar-refractivity contribution in [2.45, 2.75) is 89.5 Å². The molecule has 1 saturated heterocycles. The smallest absolute Gasteiger partial charge is 0.0586 e. The number of hydrogen-bond donors (Lipinski definition) is 4. The second kappa shape index (κ2) is 10.6. The lowest BCUT2D eigenvalue weighted by atomic mass is 10.0. The lowest BCUT2D eigenvalue weighted by molar-refractivity contribution is 0.283. The highest BCUT2D eigenvalue weighted by Gasteiger charge is 2.17. The van der Waals surface area contributed by atoms with Gasteiger partial charge in [-0.25, -0.2) is 0 Å². The molecule has 19 heavy (non-hydrogen) atoms. The number of rotatable bonds is 6. The molecule has 0 aromatic rings. The number of unbranched alkanes of at least 4 members (excludes halogenated alkanes) is 3. The monoisotopic (exact) mass is 270 g/mol. The third-order valence-electron chi connectivity index (χ3n) is 4.05. The van der Waals surface area contributed by atoms with Crippen molar-refractivity contribution in [3.05, 3.63) is 0 Å². The predicted molar refractivity (Wildman–Crippen MR) is 82.7 cm³/mol. The summed E-state index contributed by atoms with van der Waals surface area (Å²) in [5.41, 5.74) is 12.0. The SMILES string of the molecule is CCCCCCC1NC(N)CCCCCC(CN)N1. The summed E-state index contributed by atoms with van der Waals surface area (Å²) >= 11 is 0. The molecule has 3 unspecified atom stereocenters. The average Bonchev–Trinajstić information content (AvgIpc) is 2.41. The Morgan fingerprint density at radius 2 is 1.79 bits per heavy atom. The first kappa shape index (κ1) is 16.9. The van der Waals surface area contributed by atoms with Gasteiger partial charge in [-0.3, -0.25) is 10.6 Å². The van der Waals surface area contributed by atoms with Crippen molar-refractivity contribution >= 4 is 0 Å². The Balaban J connectivity index is 2.40. The molecule has 0 bridgehead atoms. The van der Waals surface area contributed by atoms with E-state index in [-0.39, 0.29) is 6.17 Å². The first-order chi connectivity index (χ1) is 9.26. The van der Waals surface area contributed by atoms with Gasteiger partial charge in [0, 0.05) is 12.6 Å². The summed E-state index contributed by atoms with van der Waals surface area (Å²) in [6.45, 7) is 2.97. The van der Waals surface area contributed by atoms with Crippen LogP contribution < -0.4 is 22.1 Å². The van der Waals surface area contributed by atoms with E-state index >= 15 is 0 Å². The molecule has 1 heterocycles. The molecular weight excluding hydrogens is 236 g/mol. The van der Waals surface area contributed by atoms with Gasteiger partial charge in [-0.2, -0.15) is 0 Å². The molecule has 1 fully saturated rings. The van der Waals surface area contributed by atoms with Gasteiger partial charge in [0.15, 0.2) is 0 Å². The third-order valence-corrected chi connectivity index (χ3v) is 4.05. The Labute approximate surface area is 119 Å². The topological polar surface area (TPSA) is 76.1 Å². The Kier molecular flexibility index (Phi) is 9.43. The van der Waals surface area contributed by atoms with E-state index in [2.05, 4.69) is 17.6 Å². The number of nitrogens with one attached hydrogen (secondary N) is 2. The van der Waals surface area contributed by atoms with E-state index in [0.29, 0.717) is 12.2 Å². The van der Waals surface area contributed by atoms with Crippen LogP contribution in [0.3, 0.4) is 0 Å². The van der Waals surface area contributed by atoms with Gasteiger partial charge in [-0.05, 0) is 19.3 Å². The summed E-state index contributed by atoms with van der Waals surface area (Å²) in [5.74, 6) is 0. The van der Waals surface area contributed by atoms with Crippen LogP contribution in [0.2, 0.25) is 0 Å². The number of nitrogens with two attached hydrogens (primary N) is 2. The average molecular weight is 270 g/mol. The maximum absolute atomic E-state index is 6.15. The van der Waals surface area contributed by atoms with Crippen molar-refractivity contribution in [3.8, 4) is 0 Å².